The fourth-order valence-corrected chi connectivity index (χ4v) is 4.85. The normalized spacial score (nSPS) is 12.7. The van der Waals surface area contributed by atoms with E-state index in [-0.39, 0.29) is 13.0 Å². The molecule has 2 atom stereocenters. The number of carbonyl (C=O) groups is 3. The predicted octanol–water partition coefficient (Wildman–Crippen LogP) is 6.34. The third-order valence-corrected chi connectivity index (χ3v) is 7.06. The van der Waals surface area contributed by atoms with Crippen LogP contribution < -0.4 is 16.1 Å². The molecule has 0 radical (unpaired) electrons. The molecule has 0 unspecified atom stereocenters. The van der Waals surface area contributed by atoms with Gasteiger partial charge in [-0.3, -0.25) is 14.4 Å². The zero-order valence-corrected chi connectivity index (χ0v) is 26.3. The van der Waals surface area contributed by atoms with Gasteiger partial charge in [-0.25, -0.2) is 32.2 Å². The second-order valence-electron chi connectivity index (χ2n) is 12.0. The Kier molecular flexibility index (Phi) is 11.7. The molecule has 4 aromatic carbocycles. The molecule has 0 bridgehead atoms. The van der Waals surface area contributed by atoms with Gasteiger partial charge in [0.2, 0.25) is 17.6 Å². The minimum Gasteiger partial charge on any atom is -0.444 e. The van der Waals surface area contributed by atoms with E-state index in [1.807, 2.05) is 30.3 Å². The van der Waals surface area contributed by atoms with Crippen molar-refractivity contribution in [2.24, 2.45) is 0 Å². The molecule has 0 aliphatic carbocycles. The van der Waals surface area contributed by atoms with Gasteiger partial charge in [0.15, 0.2) is 23.3 Å². The fraction of sp³-hybridized carbons (Fsp3) is 0.286. The van der Waals surface area contributed by atoms with Gasteiger partial charge in [-0.05, 0) is 49.1 Å². The topological polar surface area (TPSA) is 106 Å². The highest BCUT2D eigenvalue weighted by Crippen LogP contribution is 2.25. The summed E-state index contributed by atoms with van der Waals surface area (Å²) in [4.78, 5) is 44.5. The van der Waals surface area contributed by atoms with E-state index in [9.17, 15) is 36.3 Å². The van der Waals surface area contributed by atoms with Crippen molar-refractivity contribution in [1.82, 2.24) is 16.1 Å². The zero-order valence-electron chi connectivity index (χ0n) is 26.3. The number of hydrogen-bond donors (Lipinski definition) is 3. The Labute approximate surface area is 273 Å². The fourth-order valence-electron chi connectivity index (χ4n) is 4.85. The summed E-state index contributed by atoms with van der Waals surface area (Å²) in [5, 5.41) is 6.69. The van der Waals surface area contributed by atoms with Crippen LogP contribution in [0.5, 0.6) is 0 Å². The maximum Gasteiger partial charge on any atom is 0.408 e. The van der Waals surface area contributed by atoms with Gasteiger partial charge < -0.3 is 15.4 Å². The molecule has 254 valence electrons. The first kappa shape index (κ1) is 35.8. The van der Waals surface area contributed by atoms with Crippen LogP contribution in [-0.2, 0) is 38.6 Å². The number of amides is 3. The van der Waals surface area contributed by atoms with Crippen molar-refractivity contribution in [3.63, 3.8) is 0 Å². The van der Waals surface area contributed by atoms with E-state index >= 15 is 0 Å². The van der Waals surface area contributed by atoms with Crippen LogP contribution in [0.3, 0.4) is 0 Å². The predicted molar refractivity (Wildman–Crippen MR) is 167 cm³/mol. The van der Waals surface area contributed by atoms with E-state index in [1.165, 1.54) is 0 Å². The monoisotopic (exact) mass is 671 g/mol. The van der Waals surface area contributed by atoms with E-state index in [0.717, 1.165) is 10.8 Å². The average molecular weight is 672 g/mol. The summed E-state index contributed by atoms with van der Waals surface area (Å²) >= 11 is 0. The number of carbonyl (C=O) groups excluding carboxylic acids is 3. The van der Waals surface area contributed by atoms with E-state index in [4.69, 9.17) is 9.57 Å². The molecule has 4 aromatic rings. The smallest absolute Gasteiger partial charge is 0.408 e. The van der Waals surface area contributed by atoms with Crippen molar-refractivity contribution >= 4 is 28.7 Å². The minimum atomic E-state index is -2.35. The SMILES string of the molecule is CC(C)(C)OC(=O)N[C@H](Cc1ccc2ccccc2c1)C(=O)N[C@@H](CC(=O)NOCc1ccccc1)Cc1c(F)c(F)c(F)c(F)c1F. The molecule has 0 saturated heterocycles. The lowest BCUT2D eigenvalue weighted by molar-refractivity contribution is -0.135. The van der Waals surface area contributed by atoms with Gasteiger partial charge in [0, 0.05) is 24.4 Å². The van der Waals surface area contributed by atoms with Crippen molar-refractivity contribution < 1.29 is 45.9 Å². The van der Waals surface area contributed by atoms with Crippen LogP contribution in [0.2, 0.25) is 0 Å². The molecule has 0 spiro atoms. The Balaban J connectivity index is 1.60. The van der Waals surface area contributed by atoms with Gasteiger partial charge >= 0.3 is 6.09 Å². The van der Waals surface area contributed by atoms with E-state index < -0.39 is 83.1 Å². The molecule has 0 saturated carbocycles. The first-order chi connectivity index (χ1) is 22.7. The number of benzene rings is 4. The summed E-state index contributed by atoms with van der Waals surface area (Å²) in [6.07, 6.45) is -2.71. The van der Waals surface area contributed by atoms with Crippen LogP contribution >= 0.6 is 0 Å². The van der Waals surface area contributed by atoms with Crippen LogP contribution in [0.15, 0.2) is 72.8 Å². The molecule has 0 aliphatic heterocycles. The average Bonchev–Trinajstić information content (AvgIpc) is 3.04. The van der Waals surface area contributed by atoms with Gasteiger partial charge in [-0.1, -0.05) is 72.8 Å². The summed E-state index contributed by atoms with van der Waals surface area (Å²) in [6.45, 7) is 4.80. The number of ether oxygens (including phenoxy) is 1. The van der Waals surface area contributed by atoms with Gasteiger partial charge in [0.05, 0.1) is 6.61 Å². The second-order valence-corrected chi connectivity index (χ2v) is 12.0. The van der Waals surface area contributed by atoms with E-state index in [0.29, 0.717) is 11.1 Å². The number of halogens is 5. The first-order valence-electron chi connectivity index (χ1n) is 14.9. The van der Waals surface area contributed by atoms with Crippen LogP contribution in [-0.4, -0.2) is 35.6 Å². The number of nitrogens with one attached hydrogen (secondary N) is 3. The summed E-state index contributed by atoms with van der Waals surface area (Å²) in [7, 11) is 0. The highest BCUT2D eigenvalue weighted by molar-refractivity contribution is 5.88. The number of fused-ring (bicyclic) bond motifs is 1. The summed E-state index contributed by atoms with van der Waals surface area (Å²) in [6, 6.07) is 18.6. The second kappa shape index (κ2) is 15.7. The quantitative estimate of drug-likeness (QED) is 0.0706. The molecule has 48 heavy (non-hydrogen) atoms. The molecule has 3 amide bonds. The number of rotatable bonds is 12. The van der Waals surface area contributed by atoms with Crippen molar-refractivity contribution in [3.05, 3.63) is 119 Å². The van der Waals surface area contributed by atoms with Crippen molar-refractivity contribution in [2.45, 2.75) is 64.3 Å². The summed E-state index contributed by atoms with van der Waals surface area (Å²) < 4.78 is 76.6. The van der Waals surface area contributed by atoms with Crippen LogP contribution in [0.4, 0.5) is 26.7 Å². The first-order valence-corrected chi connectivity index (χ1v) is 14.9. The summed E-state index contributed by atoms with van der Waals surface area (Å²) in [5.74, 6) is -12.7. The maximum absolute atomic E-state index is 14.7. The molecule has 0 aliphatic rings. The number of alkyl carbamates (subject to hydrolysis) is 1. The molecular formula is C35H34F5N3O5. The Morgan fingerprint density at radius 3 is 1.96 bits per heavy atom. The van der Waals surface area contributed by atoms with Crippen molar-refractivity contribution in [3.8, 4) is 0 Å². The zero-order chi connectivity index (χ0) is 35.0. The molecular weight excluding hydrogens is 637 g/mol. The van der Waals surface area contributed by atoms with E-state index in [1.54, 1.807) is 63.2 Å². The third kappa shape index (κ3) is 9.74. The molecule has 0 heterocycles. The maximum atomic E-state index is 14.7. The van der Waals surface area contributed by atoms with Crippen molar-refractivity contribution in [1.29, 1.82) is 0 Å². The highest BCUT2D eigenvalue weighted by Gasteiger charge is 2.31. The van der Waals surface area contributed by atoms with Gasteiger partial charge in [-0.2, -0.15) is 0 Å². The Bertz CT molecular complexity index is 1750. The lowest BCUT2D eigenvalue weighted by Crippen LogP contribution is -2.52. The Morgan fingerprint density at radius 2 is 1.31 bits per heavy atom. The van der Waals surface area contributed by atoms with Crippen LogP contribution in [0.1, 0.15) is 43.9 Å². The third-order valence-electron chi connectivity index (χ3n) is 7.06. The van der Waals surface area contributed by atoms with Gasteiger partial charge in [0.1, 0.15) is 11.6 Å². The molecule has 0 aromatic heterocycles. The minimum absolute atomic E-state index is 0.0467. The van der Waals surface area contributed by atoms with Crippen LogP contribution in [0.25, 0.3) is 10.8 Å². The molecule has 3 N–H and O–H groups in total. The Morgan fingerprint density at radius 1 is 0.708 bits per heavy atom. The number of hydroxylamine groups is 1. The lowest BCUT2D eigenvalue weighted by atomic mass is 9.98. The van der Waals surface area contributed by atoms with Crippen molar-refractivity contribution in [2.75, 3.05) is 0 Å². The number of hydrogen-bond acceptors (Lipinski definition) is 5. The molecule has 4 rings (SSSR count). The lowest BCUT2D eigenvalue weighted by Gasteiger charge is -2.26. The largest absolute Gasteiger partial charge is 0.444 e. The van der Waals surface area contributed by atoms with Crippen LogP contribution in [0, 0.1) is 29.1 Å². The molecule has 8 nitrogen and oxygen atoms in total. The standard InChI is InChI=1S/C35H34F5N3O5/c1-35(2,3)48-34(46)42-26(16-21-13-14-22-11-7-8-12-23(22)15-21)33(45)41-24(17-25-28(36)30(38)32(40)31(39)29(25)37)18-27(44)43-47-19-20-9-5-4-6-10-20/h4-15,24,26H,16-19H2,1-3H3,(H,41,45)(H,42,46)(H,43,44)/t24-,26-/m1/s1. The Hall–Kier alpha value is -5.04. The van der Waals surface area contributed by atoms with E-state index in [2.05, 4.69) is 16.1 Å². The molecule has 13 heteroatoms. The van der Waals surface area contributed by atoms with Gasteiger partial charge in [-0.15, -0.1) is 0 Å². The summed E-state index contributed by atoms with van der Waals surface area (Å²) in [5.41, 5.74) is 1.31. The molecule has 0 fully saturated rings. The highest BCUT2D eigenvalue weighted by atomic mass is 19.2. The van der Waals surface area contributed by atoms with Gasteiger partial charge in [0.25, 0.3) is 0 Å².